The third-order valence-electron chi connectivity index (χ3n) is 3.91. The molecule has 0 amide bonds. The molecule has 0 aliphatic carbocycles. The zero-order valence-electron chi connectivity index (χ0n) is 11.3. The summed E-state index contributed by atoms with van der Waals surface area (Å²) in [7, 11) is -3.56. The van der Waals surface area contributed by atoms with Crippen LogP contribution in [-0.4, -0.2) is 25.2 Å². The number of hydrogen-bond donors (Lipinski definition) is 0. The second-order valence-corrected chi connectivity index (χ2v) is 7.38. The van der Waals surface area contributed by atoms with Gasteiger partial charge < -0.3 is 14.5 Å². The minimum Gasteiger partial charge on any atom is -0.550 e. The molecule has 1 aliphatic rings. The molecule has 1 aromatic carbocycles. The number of carbonyl (C=O) groups excluding carboxylic acids is 1. The summed E-state index contributed by atoms with van der Waals surface area (Å²) in [4.78, 5) is 10.7. The molecule has 2 heterocycles. The molecular formula is C14H13FNO4S-. The van der Waals surface area contributed by atoms with Crippen LogP contribution in [0.3, 0.4) is 0 Å². The number of aliphatic carboxylic acids is 1. The van der Waals surface area contributed by atoms with Crippen LogP contribution in [0.4, 0.5) is 4.39 Å². The number of benzene rings is 1. The molecule has 1 unspecified atom stereocenters. The average molecular weight is 310 g/mol. The Morgan fingerprint density at radius 3 is 2.76 bits per heavy atom. The van der Waals surface area contributed by atoms with Crippen molar-refractivity contribution in [3.8, 4) is 0 Å². The van der Waals surface area contributed by atoms with E-state index in [1.807, 2.05) is 0 Å². The van der Waals surface area contributed by atoms with Crippen LogP contribution >= 0.6 is 0 Å². The van der Waals surface area contributed by atoms with E-state index in [1.165, 1.54) is 6.07 Å². The van der Waals surface area contributed by atoms with Crippen molar-refractivity contribution in [2.45, 2.75) is 30.2 Å². The molecule has 0 N–H and O–H groups in total. The Kier molecular flexibility index (Phi) is 3.05. The monoisotopic (exact) mass is 310 g/mol. The maximum Gasteiger partial charge on any atom is 0.176 e. The van der Waals surface area contributed by atoms with Gasteiger partial charge in [-0.15, -0.1) is 0 Å². The lowest BCUT2D eigenvalue weighted by Crippen LogP contribution is -2.23. The van der Waals surface area contributed by atoms with Gasteiger partial charge in [-0.05, 0) is 31.0 Å². The molecule has 0 saturated heterocycles. The van der Waals surface area contributed by atoms with E-state index in [0.717, 1.165) is 18.0 Å². The Labute approximate surface area is 120 Å². The van der Waals surface area contributed by atoms with Crippen LogP contribution in [0.25, 0.3) is 10.9 Å². The molecule has 0 saturated carbocycles. The quantitative estimate of drug-likeness (QED) is 0.840. The maximum absolute atomic E-state index is 13.7. The Balaban J connectivity index is 2.25. The van der Waals surface area contributed by atoms with E-state index in [1.54, 1.807) is 10.6 Å². The van der Waals surface area contributed by atoms with Gasteiger partial charge in [-0.3, -0.25) is 0 Å². The summed E-state index contributed by atoms with van der Waals surface area (Å²) in [5.41, 5.74) is 1.22. The normalized spacial score (nSPS) is 18.1. The Morgan fingerprint density at radius 2 is 2.14 bits per heavy atom. The SMILES string of the molecule is CS(=O)(=O)c1cc(F)cc2c1cc1n2CCC1CC(=O)[O-]. The number of aryl methyl sites for hydroxylation is 1. The standard InChI is InChI=1S/C14H14FNO4S/c1-21(19,20)13-6-9(15)5-12-10(13)7-11-8(4-14(17)18)2-3-16(11)12/h5-8H,2-4H2,1H3,(H,17,18)/p-1. The third-order valence-corrected chi connectivity index (χ3v) is 5.05. The first-order chi connectivity index (χ1) is 9.77. The molecule has 1 atom stereocenters. The van der Waals surface area contributed by atoms with E-state index >= 15 is 0 Å². The number of nitrogens with zero attached hydrogens (tertiary/aromatic N) is 1. The first kappa shape index (κ1) is 14.1. The van der Waals surface area contributed by atoms with Gasteiger partial charge in [0.25, 0.3) is 0 Å². The molecule has 7 heteroatoms. The van der Waals surface area contributed by atoms with Crippen molar-refractivity contribution in [1.29, 1.82) is 0 Å². The van der Waals surface area contributed by atoms with Crippen molar-refractivity contribution >= 4 is 26.7 Å². The summed E-state index contributed by atoms with van der Waals surface area (Å²) in [5.74, 6) is -1.99. The fraction of sp³-hybridized carbons (Fsp3) is 0.357. The lowest BCUT2D eigenvalue weighted by molar-refractivity contribution is -0.306. The van der Waals surface area contributed by atoms with E-state index in [2.05, 4.69) is 0 Å². The summed E-state index contributed by atoms with van der Waals surface area (Å²) >= 11 is 0. The van der Waals surface area contributed by atoms with E-state index in [-0.39, 0.29) is 17.2 Å². The Bertz CT molecular complexity index is 853. The summed E-state index contributed by atoms with van der Waals surface area (Å²) in [6.07, 6.45) is 1.54. The van der Waals surface area contributed by atoms with E-state index in [0.29, 0.717) is 23.9 Å². The molecule has 1 aliphatic heterocycles. The zero-order chi connectivity index (χ0) is 15.4. The zero-order valence-corrected chi connectivity index (χ0v) is 12.1. The van der Waals surface area contributed by atoms with E-state index < -0.39 is 21.6 Å². The number of fused-ring (bicyclic) bond motifs is 3. The van der Waals surface area contributed by atoms with Crippen molar-refractivity contribution in [2.75, 3.05) is 6.26 Å². The molecule has 0 radical (unpaired) electrons. The highest BCUT2D eigenvalue weighted by atomic mass is 32.2. The number of carbonyl (C=O) groups is 1. The first-order valence-electron chi connectivity index (χ1n) is 6.50. The van der Waals surface area contributed by atoms with Crippen molar-refractivity contribution in [3.63, 3.8) is 0 Å². The molecule has 3 rings (SSSR count). The van der Waals surface area contributed by atoms with Crippen molar-refractivity contribution < 1.29 is 22.7 Å². The van der Waals surface area contributed by atoms with Crippen molar-refractivity contribution in [3.05, 3.63) is 29.7 Å². The topological polar surface area (TPSA) is 79.2 Å². The molecule has 5 nitrogen and oxygen atoms in total. The lowest BCUT2D eigenvalue weighted by atomic mass is 10.0. The maximum atomic E-state index is 13.7. The van der Waals surface area contributed by atoms with Crippen LogP contribution in [0.5, 0.6) is 0 Å². The van der Waals surface area contributed by atoms with Gasteiger partial charge in [-0.25, -0.2) is 12.8 Å². The predicted molar refractivity (Wildman–Crippen MR) is 72.0 cm³/mol. The average Bonchev–Trinajstić information content (AvgIpc) is 2.87. The van der Waals surface area contributed by atoms with Crippen LogP contribution in [0, 0.1) is 5.82 Å². The molecule has 0 spiro atoms. The summed E-state index contributed by atoms with van der Waals surface area (Å²) in [5, 5.41) is 11.2. The molecular weight excluding hydrogens is 297 g/mol. The van der Waals surface area contributed by atoms with Crippen LogP contribution in [0.15, 0.2) is 23.1 Å². The minimum atomic E-state index is -3.56. The Hall–Kier alpha value is -1.89. The summed E-state index contributed by atoms with van der Waals surface area (Å²) in [6, 6.07) is 3.95. The van der Waals surface area contributed by atoms with Gasteiger partial charge >= 0.3 is 0 Å². The molecule has 2 aromatic rings. The first-order valence-corrected chi connectivity index (χ1v) is 8.39. The van der Waals surface area contributed by atoms with Gasteiger partial charge in [-0.1, -0.05) is 0 Å². The van der Waals surface area contributed by atoms with Gasteiger partial charge in [0.1, 0.15) is 5.82 Å². The number of halogens is 1. The number of rotatable bonds is 3. The van der Waals surface area contributed by atoms with Gasteiger partial charge in [0.05, 0.1) is 10.4 Å². The van der Waals surface area contributed by atoms with Crippen molar-refractivity contribution in [1.82, 2.24) is 4.57 Å². The number of aromatic nitrogens is 1. The second kappa shape index (κ2) is 4.56. The van der Waals surface area contributed by atoms with Gasteiger partial charge in [-0.2, -0.15) is 0 Å². The highest BCUT2D eigenvalue weighted by Crippen LogP contribution is 2.38. The number of hydrogen-bond acceptors (Lipinski definition) is 4. The number of carboxylic acids is 1. The summed E-state index contributed by atoms with van der Waals surface area (Å²) in [6.45, 7) is 0.545. The van der Waals surface area contributed by atoms with Crippen LogP contribution in [0.2, 0.25) is 0 Å². The highest BCUT2D eigenvalue weighted by molar-refractivity contribution is 7.91. The molecule has 0 bridgehead atoms. The molecule has 1 aromatic heterocycles. The fourth-order valence-corrected chi connectivity index (χ4v) is 3.94. The van der Waals surface area contributed by atoms with Gasteiger partial charge in [0, 0.05) is 35.8 Å². The molecule has 21 heavy (non-hydrogen) atoms. The fourth-order valence-electron chi connectivity index (χ4n) is 3.05. The van der Waals surface area contributed by atoms with E-state index in [4.69, 9.17) is 0 Å². The van der Waals surface area contributed by atoms with Gasteiger partial charge in [0.15, 0.2) is 9.84 Å². The van der Waals surface area contributed by atoms with Crippen LogP contribution in [-0.2, 0) is 21.2 Å². The molecule has 0 fully saturated rings. The largest absolute Gasteiger partial charge is 0.550 e. The van der Waals surface area contributed by atoms with Crippen molar-refractivity contribution in [2.24, 2.45) is 0 Å². The third kappa shape index (κ3) is 2.31. The van der Waals surface area contributed by atoms with Crippen LogP contribution in [0.1, 0.15) is 24.5 Å². The highest BCUT2D eigenvalue weighted by Gasteiger charge is 2.27. The lowest BCUT2D eigenvalue weighted by Gasteiger charge is -2.09. The van der Waals surface area contributed by atoms with E-state index in [9.17, 15) is 22.7 Å². The molecule has 112 valence electrons. The number of sulfone groups is 1. The Morgan fingerprint density at radius 1 is 1.43 bits per heavy atom. The smallest absolute Gasteiger partial charge is 0.176 e. The second-order valence-electron chi connectivity index (χ2n) is 5.39. The number of carboxylic acid groups (broad SMARTS) is 1. The van der Waals surface area contributed by atoms with Gasteiger partial charge in [0.2, 0.25) is 0 Å². The minimum absolute atomic E-state index is 0.0633. The van der Waals surface area contributed by atoms with Crippen LogP contribution < -0.4 is 5.11 Å². The predicted octanol–water partition coefficient (Wildman–Crippen LogP) is 0.811. The summed E-state index contributed by atoms with van der Waals surface area (Å²) < 4.78 is 39.1.